The molecule has 2 unspecified atom stereocenters. The molecule has 0 aliphatic carbocycles. The summed E-state index contributed by atoms with van der Waals surface area (Å²) in [5.41, 5.74) is -3.26. The zero-order valence-electron chi connectivity index (χ0n) is 10.6. The first-order chi connectivity index (χ1) is 9.28. The van der Waals surface area contributed by atoms with Crippen LogP contribution in [0, 0.1) is 5.82 Å². The predicted octanol–water partition coefficient (Wildman–Crippen LogP) is 3.92. The largest absolute Gasteiger partial charge is 0.419 e. The van der Waals surface area contributed by atoms with E-state index in [2.05, 4.69) is 5.32 Å². The Balaban J connectivity index is 1.98. The summed E-state index contributed by atoms with van der Waals surface area (Å²) in [5.74, 6) is -1.36. The molecule has 1 N–H and O–H groups in total. The molecular weight excluding hydrogens is 277 g/mol. The molecule has 0 aromatic heterocycles. The van der Waals surface area contributed by atoms with Gasteiger partial charge in [0.15, 0.2) is 0 Å². The van der Waals surface area contributed by atoms with Crippen molar-refractivity contribution in [3.63, 3.8) is 0 Å². The number of hydrogen-bond acceptors (Lipinski definition) is 1. The molecule has 2 heterocycles. The molecule has 2 atom stereocenters. The van der Waals surface area contributed by atoms with Crippen LogP contribution < -0.4 is 5.32 Å². The van der Waals surface area contributed by atoms with Crippen molar-refractivity contribution in [2.75, 3.05) is 0 Å². The highest BCUT2D eigenvalue weighted by molar-refractivity contribution is 5.32. The number of hydrogen-bond donors (Lipinski definition) is 1. The van der Waals surface area contributed by atoms with E-state index >= 15 is 4.39 Å². The topological polar surface area (TPSA) is 12.0 Å². The lowest BCUT2D eigenvalue weighted by molar-refractivity contribution is -0.140. The van der Waals surface area contributed by atoms with E-state index in [9.17, 15) is 17.6 Å². The van der Waals surface area contributed by atoms with Gasteiger partial charge in [-0.2, -0.15) is 13.2 Å². The highest BCUT2D eigenvalue weighted by Crippen LogP contribution is 2.45. The van der Waals surface area contributed by atoms with Gasteiger partial charge in [-0.25, -0.2) is 8.78 Å². The standard InChI is InChI=1S/C14H14F5N/c15-12-4-1-8(5-11(12)14(17,18)19)13(16)6-9-2-3-10(7-13)20-9/h1,4-5,9-10,20H,2-3,6-7H2. The van der Waals surface area contributed by atoms with Gasteiger partial charge in [0.25, 0.3) is 0 Å². The van der Waals surface area contributed by atoms with Crippen LogP contribution in [0.5, 0.6) is 0 Å². The van der Waals surface area contributed by atoms with Crippen molar-refractivity contribution < 1.29 is 22.0 Å². The second-order valence-electron chi connectivity index (χ2n) is 5.70. The molecule has 0 saturated carbocycles. The average Bonchev–Trinajstić information content (AvgIpc) is 2.68. The molecule has 0 radical (unpaired) electrons. The normalized spacial score (nSPS) is 33.5. The third-order valence-corrected chi connectivity index (χ3v) is 4.26. The summed E-state index contributed by atoms with van der Waals surface area (Å²) in [6, 6.07) is 2.47. The van der Waals surface area contributed by atoms with Gasteiger partial charge in [-0.05, 0) is 30.5 Å². The number of rotatable bonds is 1. The molecule has 2 saturated heterocycles. The smallest absolute Gasteiger partial charge is 0.311 e. The summed E-state index contributed by atoms with van der Waals surface area (Å²) in [6.45, 7) is 0. The number of piperidine rings is 1. The summed E-state index contributed by atoms with van der Waals surface area (Å²) in [5, 5.41) is 3.24. The van der Waals surface area contributed by atoms with Gasteiger partial charge >= 0.3 is 6.18 Å². The zero-order valence-corrected chi connectivity index (χ0v) is 10.6. The summed E-state index contributed by atoms with van der Waals surface area (Å²) < 4.78 is 66.4. The fourth-order valence-corrected chi connectivity index (χ4v) is 3.35. The highest BCUT2D eigenvalue weighted by Gasteiger charge is 2.46. The predicted molar refractivity (Wildman–Crippen MR) is 63.4 cm³/mol. The van der Waals surface area contributed by atoms with Crippen molar-refractivity contribution in [1.29, 1.82) is 0 Å². The maximum atomic E-state index is 15.0. The van der Waals surface area contributed by atoms with E-state index in [4.69, 9.17) is 0 Å². The van der Waals surface area contributed by atoms with Crippen LogP contribution in [0.1, 0.15) is 36.8 Å². The van der Waals surface area contributed by atoms with E-state index in [-0.39, 0.29) is 30.5 Å². The summed E-state index contributed by atoms with van der Waals surface area (Å²) in [7, 11) is 0. The monoisotopic (exact) mass is 291 g/mol. The highest BCUT2D eigenvalue weighted by atomic mass is 19.4. The van der Waals surface area contributed by atoms with Gasteiger partial charge in [0.1, 0.15) is 11.5 Å². The summed E-state index contributed by atoms with van der Waals surface area (Å²) in [4.78, 5) is 0. The van der Waals surface area contributed by atoms with Crippen LogP contribution in [-0.2, 0) is 11.8 Å². The Bertz CT molecular complexity index is 513. The van der Waals surface area contributed by atoms with E-state index < -0.39 is 23.2 Å². The molecule has 1 aromatic rings. The molecule has 3 rings (SSSR count). The molecule has 20 heavy (non-hydrogen) atoms. The van der Waals surface area contributed by atoms with Gasteiger partial charge in [0.05, 0.1) is 5.56 Å². The molecule has 2 bridgehead atoms. The van der Waals surface area contributed by atoms with Gasteiger partial charge in [-0.3, -0.25) is 0 Å². The molecule has 110 valence electrons. The number of halogens is 5. The Morgan fingerprint density at radius 3 is 2.25 bits per heavy atom. The minimum Gasteiger partial charge on any atom is -0.311 e. The van der Waals surface area contributed by atoms with Crippen LogP contribution in [0.15, 0.2) is 18.2 Å². The Morgan fingerprint density at radius 2 is 1.70 bits per heavy atom. The van der Waals surface area contributed by atoms with Gasteiger partial charge in [-0.15, -0.1) is 0 Å². The van der Waals surface area contributed by atoms with Crippen LogP contribution in [0.25, 0.3) is 0 Å². The second kappa shape index (κ2) is 4.41. The van der Waals surface area contributed by atoms with Crippen LogP contribution in [0.2, 0.25) is 0 Å². The SMILES string of the molecule is Fc1ccc(C2(F)CC3CCC(C2)N3)cc1C(F)(F)F. The Labute approximate surface area is 113 Å². The van der Waals surface area contributed by atoms with Crippen LogP contribution in [-0.4, -0.2) is 12.1 Å². The minimum absolute atomic E-state index is 0.00172. The lowest BCUT2D eigenvalue weighted by atomic mass is 9.82. The van der Waals surface area contributed by atoms with Gasteiger partial charge in [0.2, 0.25) is 0 Å². The number of benzene rings is 1. The lowest BCUT2D eigenvalue weighted by Crippen LogP contribution is -2.44. The zero-order chi connectivity index (χ0) is 14.5. The molecule has 2 fully saturated rings. The average molecular weight is 291 g/mol. The molecule has 6 heteroatoms. The maximum absolute atomic E-state index is 15.0. The quantitative estimate of drug-likeness (QED) is 0.773. The first-order valence-electron chi connectivity index (χ1n) is 6.60. The van der Waals surface area contributed by atoms with Crippen molar-refractivity contribution in [1.82, 2.24) is 5.32 Å². The van der Waals surface area contributed by atoms with Crippen molar-refractivity contribution in [3.8, 4) is 0 Å². The third kappa shape index (κ3) is 2.30. The van der Waals surface area contributed by atoms with E-state index in [1.165, 1.54) is 0 Å². The van der Waals surface area contributed by atoms with E-state index in [1.807, 2.05) is 0 Å². The van der Waals surface area contributed by atoms with Crippen LogP contribution in [0.3, 0.4) is 0 Å². The van der Waals surface area contributed by atoms with E-state index in [0.29, 0.717) is 12.1 Å². The first-order valence-corrected chi connectivity index (χ1v) is 6.60. The summed E-state index contributed by atoms with van der Waals surface area (Å²) >= 11 is 0. The van der Waals surface area contributed by atoms with Gasteiger partial charge in [0, 0.05) is 24.9 Å². The fraction of sp³-hybridized carbons (Fsp3) is 0.571. The number of nitrogens with one attached hydrogen (secondary N) is 1. The molecule has 1 nitrogen and oxygen atoms in total. The van der Waals surface area contributed by atoms with Crippen molar-refractivity contribution >= 4 is 0 Å². The molecule has 1 aromatic carbocycles. The second-order valence-corrected chi connectivity index (χ2v) is 5.70. The van der Waals surface area contributed by atoms with E-state index in [1.54, 1.807) is 0 Å². The third-order valence-electron chi connectivity index (χ3n) is 4.26. The Hall–Kier alpha value is -1.17. The molecule has 0 amide bonds. The van der Waals surface area contributed by atoms with Gasteiger partial charge < -0.3 is 5.32 Å². The molecule has 2 aliphatic rings. The van der Waals surface area contributed by atoms with Crippen molar-refractivity contribution in [2.24, 2.45) is 0 Å². The van der Waals surface area contributed by atoms with E-state index in [0.717, 1.165) is 18.9 Å². The van der Waals surface area contributed by atoms with Gasteiger partial charge in [-0.1, -0.05) is 6.07 Å². The lowest BCUT2D eigenvalue weighted by Gasteiger charge is -2.35. The van der Waals surface area contributed by atoms with Crippen LogP contribution >= 0.6 is 0 Å². The van der Waals surface area contributed by atoms with Crippen LogP contribution in [0.4, 0.5) is 22.0 Å². The summed E-state index contributed by atoms with van der Waals surface area (Å²) in [6.07, 6.45) is -2.84. The number of fused-ring (bicyclic) bond motifs is 2. The Morgan fingerprint density at radius 1 is 1.10 bits per heavy atom. The maximum Gasteiger partial charge on any atom is 0.419 e. The Kier molecular flexibility index (Phi) is 3.04. The first kappa shape index (κ1) is 13.8. The molecule has 0 spiro atoms. The number of alkyl halides is 4. The minimum atomic E-state index is -4.80. The van der Waals surface area contributed by atoms with Crippen molar-refractivity contribution in [3.05, 3.63) is 35.1 Å². The molecule has 2 aliphatic heterocycles. The van der Waals surface area contributed by atoms with Crippen molar-refractivity contribution in [2.45, 2.75) is 49.6 Å². The fourth-order valence-electron chi connectivity index (χ4n) is 3.35. The molecular formula is C14H14F5N.